The van der Waals surface area contributed by atoms with Gasteiger partial charge in [-0.1, -0.05) is 18.6 Å². The maximum Gasteiger partial charge on any atom is 0.100 e. The minimum absolute atomic E-state index is 0.447. The lowest BCUT2D eigenvalue weighted by molar-refractivity contribution is 0.164. The number of nitrogens with zero attached hydrogens (tertiary/aromatic N) is 2. The van der Waals surface area contributed by atoms with Crippen molar-refractivity contribution in [3.63, 3.8) is 0 Å². The molecule has 1 unspecified atom stereocenters. The minimum atomic E-state index is -0.447. The van der Waals surface area contributed by atoms with Gasteiger partial charge < -0.3 is 5.11 Å². The lowest BCUT2D eigenvalue weighted by atomic mass is 9.94. The smallest absolute Gasteiger partial charge is 0.100 e. The number of hydrogen-bond acceptors (Lipinski definition) is 2. The third-order valence-corrected chi connectivity index (χ3v) is 4.04. The summed E-state index contributed by atoms with van der Waals surface area (Å²) in [5.41, 5.74) is 2.31. The molecule has 1 aromatic heterocycles. The second-order valence-corrected chi connectivity index (χ2v) is 5.78. The summed E-state index contributed by atoms with van der Waals surface area (Å²) < 4.78 is 2.83. The number of aryl methyl sites for hydroxylation is 1. The van der Waals surface area contributed by atoms with Crippen LogP contribution in [0, 0.1) is 0 Å². The Kier molecular flexibility index (Phi) is 5.01. The molecule has 18 heavy (non-hydrogen) atoms. The highest BCUT2D eigenvalue weighted by Crippen LogP contribution is 2.31. The highest BCUT2D eigenvalue weighted by atomic mass is 79.9. The fourth-order valence-corrected chi connectivity index (χ4v) is 3.09. The van der Waals surface area contributed by atoms with Gasteiger partial charge in [0.2, 0.25) is 0 Å². The number of rotatable bonds is 5. The van der Waals surface area contributed by atoms with E-state index in [-0.39, 0.29) is 0 Å². The second-order valence-electron chi connectivity index (χ2n) is 4.93. The Labute approximate surface area is 117 Å². The molecule has 1 aliphatic rings. The van der Waals surface area contributed by atoms with Gasteiger partial charge in [-0.15, -0.1) is 0 Å². The Bertz CT molecular complexity index is 425. The molecule has 0 spiro atoms. The number of aliphatic hydroxyl groups excluding tert-OH is 1. The molecule has 4 heteroatoms. The van der Waals surface area contributed by atoms with E-state index in [4.69, 9.17) is 0 Å². The molecule has 0 amide bonds. The van der Waals surface area contributed by atoms with Crippen LogP contribution in [-0.4, -0.2) is 14.9 Å². The van der Waals surface area contributed by atoms with Gasteiger partial charge in [0, 0.05) is 6.54 Å². The van der Waals surface area contributed by atoms with Crippen molar-refractivity contribution in [2.75, 3.05) is 0 Å². The predicted molar refractivity (Wildman–Crippen MR) is 76.3 cm³/mol. The van der Waals surface area contributed by atoms with Crippen LogP contribution in [0.5, 0.6) is 0 Å². The molecule has 0 bridgehead atoms. The maximum atomic E-state index is 10.4. The molecule has 0 aromatic carbocycles. The van der Waals surface area contributed by atoms with E-state index in [0.29, 0.717) is 0 Å². The van der Waals surface area contributed by atoms with Gasteiger partial charge in [0.25, 0.3) is 0 Å². The van der Waals surface area contributed by atoms with E-state index < -0.39 is 6.10 Å². The van der Waals surface area contributed by atoms with Crippen LogP contribution in [0.4, 0.5) is 0 Å². The van der Waals surface area contributed by atoms with Gasteiger partial charge in [-0.3, -0.25) is 4.68 Å². The van der Waals surface area contributed by atoms with Crippen molar-refractivity contribution < 1.29 is 5.11 Å². The summed E-state index contributed by atoms with van der Waals surface area (Å²) in [6.07, 6.45) is 10.2. The van der Waals surface area contributed by atoms with Crippen LogP contribution in [0.1, 0.15) is 57.2 Å². The second kappa shape index (κ2) is 6.53. The summed E-state index contributed by atoms with van der Waals surface area (Å²) in [7, 11) is 0. The third-order valence-electron chi connectivity index (χ3n) is 3.42. The van der Waals surface area contributed by atoms with Crippen LogP contribution in [-0.2, 0) is 6.54 Å². The van der Waals surface area contributed by atoms with Crippen molar-refractivity contribution in [3.8, 4) is 0 Å². The molecule has 0 fully saturated rings. The molecule has 1 atom stereocenters. The largest absolute Gasteiger partial charge is 0.386 e. The maximum absolute atomic E-state index is 10.4. The fraction of sp³-hybridized carbons (Fsp3) is 0.643. The quantitative estimate of drug-likeness (QED) is 0.835. The van der Waals surface area contributed by atoms with Crippen LogP contribution in [0.3, 0.4) is 0 Å². The van der Waals surface area contributed by atoms with Gasteiger partial charge in [-0.25, -0.2) is 0 Å². The molecule has 0 saturated carbocycles. The van der Waals surface area contributed by atoms with E-state index in [2.05, 4.69) is 34.0 Å². The highest BCUT2D eigenvalue weighted by molar-refractivity contribution is 9.10. The SMILES string of the molecule is CCCn1ncc(Br)c1C(O)CC1=CCCCC1. The first-order chi connectivity index (χ1) is 8.72. The zero-order valence-electron chi connectivity index (χ0n) is 10.9. The van der Waals surface area contributed by atoms with Gasteiger partial charge in [0.15, 0.2) is 0 Å². The molecule has 100 valence electrons. The third kappa shape index (κ3) is 3.23. The number of aliphatic hydroxyl groups is 1. The molecule has 2 rings (SSSR count). The normalized spacial score (nSPS) is 17.6. The zero-order valence-corrected chi connectivity index (χ0v) is 12.5. The number of allylic oxidation sites excluding steroid dienone is 1. The van der Waals surface area contributed by atoms with E-state index >= 15 is 0 Å². The van der Waals surface area contributed by atoms with E-state index in [1.165, 1.54) is 18.4 Å². The fourth-order valence-electron chi connectivity index (χ4n) is 2.53. The Morgan fingerprint density at radius 1 is 1.50 bits per heavy atom. The van der Waals surface area contributed by atoms with E-state index in [9.17, 15) is 5.11 Å². The van der Waals surface area contributed by atoms with Crippen LogP contribution in [0.2, 0.25) is 0 Å². The number of halogens is 1. The van der Waals surface area contributed by atoms with Gasteiger partial charge in [-0.05, 0) is 54.5 Å². The van der Waals surface area contributed by atoms with Gasteiger partial charge in [-0.2, -0.15) is 5.10 Å². The summed E-state index contributed by atoms with van der Waals surface area (Å²) in [5, 5.41) is 14.7. The molecule has 0 aliphatic heterocycles. The molecule has 0 saturated heterocycles. The van der Waals surface area contributed by atoms with Crippen molar-refractivity contribution >= 4 is 15.9 Å². The predicted octanol–water partition coefficient (Wildman–Crippen LogP) is 3.98. The molecule has 3 nitrogen and oxygen atoms in total. The summed E-state index contributed by atoms with van der Waals surface area (Å²) in [6.45, 7) is 2.98. The summed E-state index contributed by atoms with van der Waals surface area (Å²) in [5.74, 6) is 0. The molecule has 0 radical (unpaired) electrons. The number of aromatic nitrogens is 2. The molecule has 1 aromatic rings. The monoisotopic (exact) mass is 312 g/mol. The van der Waals surface area contributed by atoms with Gasteiger partial charge >= 0.3 is 0 Å². The first-order valence-corrected chi connectivity index (χ1v) is 7.58. The molecular weight excluding hydrogens is 292 g/mol. The van der Waals surface area contributed by atoms with Crippen LogP contribution >= 0.6 is 15.9 Å². The Morgan fingerprint density at radius 2 is 2.33 bits per heavy atom. The average molecular weight is 313 g/mol. The van der Waals surface area contributed by atoms with Crippen molar-refractivity contribution in [3.05, 3.63) is 28.0 Å². The Morgan fingerprint density at radius 3 is 3.00 bits per heavy atom. The molecule has 1 N–H and O–H groups in total. The number of hydrogen-bond donors (Lipinski definition) is 1. The minimum Gasteiger partial charge on any atom is -0.386 e. The Hall–Kier alpha value is -0.610. The summed E-state index contributed by atoms with van der Waals surface area (Å²) >= 11 is 3.49. The Balaban J connectivity index is 2.09. The van der Waals surface area contributed by atoms with E-state index in [0.717, 1.165) is 42.4 Å². The zero-order chi connectivity index (χ0) is 13.0. The first kappa shape index (κ1) is 13.8. The van der Waals surface area contributed by atoms with Crippen molar-refractivity contribution in [2.24, 2.45) is 0 Å². The van der Waals surface area contributed by atoms with E-state index in [1.54, 1.807) is 6.20 Å². The highest BCUT2D eigenvalue weighted by Gasteiger charge is 2.19. The van der Waals surface area contributed by atoms with Gasteiger partial charge in [0.1, 0.15) is 6.10 Å². The molecular formula is C14H21BrN2O. The van der Waals surface area contributed by atoms with Crippen molar-refractivity contribution in [1.29, 1.82) is 0 Å². The van der Waals surface area contributed by atoms with Gasteiger partial charge in [0.05, 0.1) is 16.4 Å². The van der Waals surface area contributed by atoms with Crippen molar-refractivity contribution in [2.45, 2.75) is 58.1 Å². The van der Waals surface area contributed by atoms with E-state index in [1.807, 2.05) is 4.68 Å². The molecule has 1 heterocycles. The van der Waals surface area contributed by atoms with Crippen molar-refractivity contribution in [1.82, 2.24) is 9.78 Å². The van der Waals surface area contributed by atoms with Crippen LogP contribution < -0.4 is 0 Å². The van der Waals surface area contributed by atoms with Crippen LogP contribution in [0.25, 0.3) is 0 Å². The lowest BCUT2D eigenvalue weighted by Crippen LogP contribution is -2.11. The average Bonchev–Trinajstić information content (AvgIpc) is 2.72. The first-order valence-electron chi connectivity index (χ1n) is 6.79. The summed E-state index contributed by atoms with van der Waals surface area (Å²) in [4.78, 5) is 0. The lowest BCUT2D eigenvalue weighted by Gasteiger charge is -2.18. The van der Waals surface area contributed by atoms with Crippen LogP contribution in [0.15, 0.2) is 22.3 Å². The molecule has 1 aliphatic carbocycles. The standard InChI is InChI=1S/C14H21BrN2O/c1-2-8-17-14(12(15)10-16-17)13(18)9-11-6-4-3-5-7-11/h6,10,13,18H,2-5,7-9H2,1H3. The topological polar surface area (TPSA) is 38.0 Å². The summed E-state index contributed by atoms with van der Waals surface area (Å²) in [6, 6.07) is 0.